The van der Waals surface area contributed by atoms with Gasteiger partial charge < -0.3 is 10.6 Å². The number of hydrogen-bond donors (Lipinski definition) is 2. The molecule has 3 aromatic rings. The smallest absolute Gasteiger partial charge is 0.257 e. The molecule has 3 rings (SSSR count). The maximum Gasteiger partial charge on any atom is 0.257 e. The average molecular weight is 386 g/mol. The van der Waals surface area contributed by atoms with E-state index in [1.54, 1.807) is 30.5 Å². The molecule has 0 aliphatic heterocycles. The predicted molar refractivity (Wildman–Crippen MR) is 107 cm³/mol. The summed E-state index contributed by atoms with van der Waals surface area (Å²) >= 11 is 11.9. The van der Waals surface area contributed by atoms with E-state index in [4.69, 9.17) is 23.2 Å². The van der Waals surface area contributed by atoms with Crippen LogP contribution >= 0.6 is 23.2 Å². The Bertz CT molecular complexity index is 901. The molecule has 132 valence electrons. The van der Waals surface area contributed by atoms with Gasteiger partial charge in [-0.3, -0.25) is 9.78 Å². The Morgan fingerprint density at radius 2 is 1.73 bits per heavy atom. The first-order valence-electron chi connectivity index (χ1n) is 8.11. The first-order valence-corrected chi connectivity index (χ1v) is 8.86. The quantitative estimate of drug-likeness (QED) is 0.605. The van der Waals surface area contributed by atoms with Crippen LogP contribution in [0.2, 0.25) is 10.0 Å². The molecular weight excluding hydrogens is 369 g/mol. The van der Waals surface area contributed by atoms with Crippen molar-refractivity contribution in [3.8, 4) is 0 Å². The van der Waals surface area contributed by atoms with Crippen molar-refractivity contribution >= 4 is 40.5 Å². The molecule has 0 bridgehead atoms. The Balaban J connectivity index is 1.60. The zero-order chi connectivity index (χ0) is 18.4. The molecule has 0 atom stereocenters. The Labute approximate surface area is 162 Å². The van der Waals surface area contributed by atoms with Crippen LogP contribution in [-0.2, 0) is 6.42 Å². The number of nitrogens with zero attached hydrogens (tertiary/aromatic N) is 1. The third-order valence-corrected chi connectivity index (χ3v) is 4.50. The molecule has 0 aliphatic carbocycles. The molecule has 0 saturated carbocycles. The van der Waals surface area contributed by atoms with Gasteiger partial charge in [0.1, 0.15) is 0 Å². The molecule has 0 radical (unpaired) electrons. The third-order valence-electron chi connectivity index (χ3n) is 3.76. The van der Waals surface area contributed by atoms with Crippen LogP contribution in [0.5, 0.6) is 0 Å². The summed E-state index contributed by atoms with van der Waals surface area (Å²) in [7, 11) is 0. The summed E-state index contributed by atoms with van der Waals surface area (Å²) in [6, 6.07) is 16.9. The summed E-state index contributed by atoms with van der Waals surface area (Å²) < 4.78 is 0. The lowest BCUT2D eigenvalue weighted by Gasteiger charge is -2.09. The summed E-state index contributed by atoms with van der Waals surface area (Å²) in [5, 5.41) is 6.90. The monoisotopic (exact) mass is 385 g/mol. The fourth-order valence-electron chi connectivity index (χ4n) is 2.43. The van der Waals surface area contributed by atoms with Crippen LogP contribution in [0.4, 0.5) is 11.4 Å². The zero-order valence-electron chi connectivity index (χ0n) is 13.9. The number of amides is 1. The number of carbonyl (C=O) groups excluding carboxylic acids is 1. The number of carbonyl (C=O) groups is 1. The number of nitrogens with one attached hydrogen (secondary N) is 2. The van der Waals surface area contributed by atoms with Gasteiger partial charge in [-0.05, 0) is 36.2 Å². The van der Waals surface area contributed by atoms with Gasteiger partial charge in [-0.2, -0.15) is 0 Å². The Morgan fingerprint density at radius 1 is 0.923 bits per heavy atom. The van der Waals surface area contributed by atoms with E-state index in [2.05, 4.69) is 27.8 Å². The molecule has 26 heavy (non-hydrogen) atoms. The van der Waals surface area contributed by atoms with Gasteiger partial charge in [0.15, 0.2) is 0 Å². The maximum atomic E-state index is 12.4. The largest absolute Gasteiger partial charge is 0.383 e. The highest BCUT2D eigenvalue weighted by atomic mass is 35.5. The number of anilines is 2. The normalized spacial score (nSPS) is 10.4. The lowest BCUT2D eigenvalue weighted by Crippen LogP contribution is -2.13. The van der Waals surface area contributed by atoms with Crippen LogP contribution in [0.25, 0.3) is 0 Å². The minimum atomic E-state index is -0.261. The van der Waals surface area contributed by atoms with E-state index < -0.39 is 0 Å². The topological polar surface area (TPSA) is 54.0 Å². The van der Waals surface area contributed by atoms with Crippen LogP contribution < -0.4 is 10.6 Å². The molecule has 0 spiro atoms. The van der Waals surface area contributed by atoms with E-state index in [1.807, 2.05) is 18.2 Å². The highest BCUT2D eigenvalue weighted by Gasteiger charge is 2.09. The second-order valence-electron chi connectivity index (χ2n) is 5.71. The number of benzene rings is 2. The molecule has 2 N–H and O–H groups in total. The summed E-state index contributed by atoms with van der Waals surface area (Å²) in [4.78, 5) is 16.5. The minimum Gasteiger partial charge on any atom is -0.383 e. The molecule has 1 heterocycles. The molecule has 0 fully saturated rings. The van der Waals surface area contributed by atoms with E-state index in [1.165, 1.54) is 11.8 Å². The van der Waals surface area contributed by atoms with E-state index in [0.717, 1.165) is 18.7 Å². The van der Waals surface area contributed by atoms with Gasteiger partial charge in [0.05, 0.1) is 21.3 Å². The lowest BCUT2D eigenvalue weighted by atomic mass is 10.1. The minimum absolute atomic E-state index is 0.261. The number of rotatable bonds is 6. The van der Waals surface area contributed by atoms with E-state index in [-0.39, 0.29) is 5.91 Å². The van der Waals surface area contributed by atoms with Crippen molar-refractivity contribution in [3.05, 3.63) is 88.2 Å². The molecule has 0 aliphatic rings. The molecule has 1 aromatic heterocycles. The first-order chi connectivity index (χ1) is 12.6. The average Bonchev–Trinajstić information content (AvgIpc) is 2.66. The molecular formula is C20H17Cl2N3O. The van der Waals surface area contributed by atoms with E-state index >= 15 is 0 Å². The third kappa shape index (κ3) is 4.97. The summed E-state index contributed by atoms with van der Waals surface area (Å²) in [5.41, 5.74) is 3.08. The van der Waals surface area contributed by atoms with Crippen LogP contribution in [0, 0.1) is 0 Å². The van der Waals surface area contributed by atoms with Crippen molar-refractivity contribution in [1.29, 1.82) is 0 Å². The first kappa shape index (κ1) is 18.2. The van der Waals surface area contributed by atoms with Crippen molar-refractivity contribution in [3.63, 3.8) is 0 Å². The van der Waals surface area contributed by atoms with Crippen molar-refractivity contribution in [2.75, 3.05) is 17.2 Å². The fourth-order valence-corrected chi connectivity index (χ4v) is 2.73. The highest BCUT2D eigenvalue weighted by molar-refractivity contribution is 6.42. The van der Waals surface area contributed by atoms with Crippen LogP contribution in [0.1, 0.15) is 15.9 Å². The van der Waals surface area contributed by atoms with Gasteiger partial charge in [0.2, 0.25) is 0 Å². The number of aromatic nitrogens is 1. The molecule has 4 nitrogen and oxygen atoms in total. The molecule has 2 aromatic carbocycles. The maximum absolute atomic E-state index is 12.4. The van der Waals surface area contributed by atoms with Crippen LogP contribution in [0.3, 0.4) is 0 Å². The van der Waals surface area contributed by atoms with Crippen molar-refractivity contribution in [2.24, 2.45) is 0 Å². The second-order valence-corrected chi connectivity index (χ2v) is 6.52. The number of hydrogen-bond acceptors (Lipinski definition) is 3. The number of halogens is 2. The summed E-state index contributed by atoms with van der Waals surface area (Å²) in [6.07, 6.45) is 4.11. The number of pyridine rings is 1. The van der Waals surface area contributed by atoms with Crippen molar-refractivity contribution in [2.45, 2.75) is 6.42 Å². The van der Waals surface area contributed by atoms with Gasteiger partial charge >= 0.3 is 0 Å². The van der Waals surface area contributed by atoms with Gasteiger partial charge in [-0.1, -0.05) is 53.5 Å². The summed E-state index contributed by atoms with van der Waals surface area (Å²) in [5.74, 6) is -0.261. The molecule has 0 saturated heterocycles. The van der Waals surface area contributed by atoms with Gasteiger partial charge in [-0.25, -0.2) is 0 Å². The lowest BCUT2D eigenvalue weighted by molar-refractivity contribution is 0.102. The van der Waals surface area contributed by atoms with Gasteiger partial charge in [0.25, 0.3) is 5.91 Å². The summed E-state index contributed by atoms with van der Waals surface area (Å²) in [6.45, 7) is 0.754. The van der Waals surface area contributed by atoms with Crippen molar-refractivity contribution in [1.82, 2.24) is 4.98 Å². The molecule has 1 amide bonds. The van der Waals surface area contributed by atoms with Crippen molar-refractivity contribution < 1.29 is 4.79 Å². The van der Waals surface area contributed by atoms with Gasteiger partial charge in [0, 0.05) is 24.6 Å². The van der Waals surface area contributed by atoms with E-state index in [9.17, 15) is 4.79 Å². The van der Waals surface area contributed by atoms with Crippen LogP contribution in [-0.4, -0.2) is 17.4 Å². The Hall–Kier alpha value is -2.56. The van der Waals surface area contributed by atoms with Gasteiger partial charge in [-0.15, -0.1) is 0 Å². The molecule has 0 unspecified atom stereocenters. The standard InChI is InChI=1S/C20H17Cl2N3O/c21-18-7-6-16(11-19(18)22)25-20(26)15-10-17(13-23-12-15)24-9-8-14-4-2-1-3-5-14/h1-7,10-13,24H,8-9H2,(H,25,26). The predicted octanol–water partition coefficient (Wildman–Crippen LogP) is 5.30. The Morgan fingerprint density at radius 3 is 2.50 bits per heavy atom. The SMILES string of the molecule is O=C(Nc1ccc(Cl)c(Cl)c1)c1cncc(NCCc2ccccc2)c1. The second kappa shape index (κ2) is 8.70. The van der Waals surface area contributed by atoms with E-state index in [0.29, 0.717) is 21.3 Å². The fraction of sp³-hybridized carbons (Fsp3) is 0.100. The molecule has 6 heteroatoms. The Kier molecular flexibility index (Phi) is 6.10. The zero-order valence-corrected chi connectivity index (χ0v) is 15.4. The van der Waals surface area contributed by atoms with Crippen LogP contribution in [0.15, 0.2) is 67.0 Å². The highest BCUT2D eigenvalue weighted by Crippen LogP contribution is 2.25.